The quantitative estimate of drug-likeness (QED) is 0.714. The van der Waals surface area contributed by atoms with Gasteiger partial charge in [-0.1, -0.05) is 13.8 Å². The molecule has 1 aliphatic carbocycles. The lowest BCUT2D eigenvalue weighted by Gasteiger charge is -2.10. The number of carbonyl (C=O) groups is 1. The first kappa shape index (κ1) is 10.0. The largest absolute Gasteiger partial charge is 0.352 e. The maximum absolute atomic E-state index is 11.5. The molecular formula is C10H16N2O. The van der Waals surface area contributed by atoms with Gasteiger partial charge < -0.3 is 5.32 Å². The van der Waals surface area contributed by atoms with Crippen LogP contribution in [0.15, 0.2) is 0 Å². The van der Waals surface area contributed by atoms with Crippen molar-refractivity contribution in [3.63, 3.8) is 0 Å². The van der Waals surface area contributed by atoms with Crippen LogP contribution in [0.1, 0.15) is 33.6 Å². The van der Waals surface area contributed by atoms with Crippen molar-refractivity contribution >= 4 is 5.91 Å². The van der Waals surface area contributed by atoms with E-state index in [1.54, 1.807) is 0 Å². The number of amides is 1. The second kappa shape index (κ2) is 3.37. The third-order valence-corrected chi connectivity index (χ3v) is 2.62. The molecule has 1 N–H and O–H groups in total. The van der Waals surface area contributed by atoms with Crippen molar-refractivity contribution in [1.82, 2.24) is 5.32 Å². The Labute approximate surface area is 79.1 Å². The van der Waals surface area contributed by atoms with Gasteiger partial charge in [0.2, 0.25) is 5.91 Å². The first-order chi connectivity index (χ1) is 5.97. The molecule has 3 nitrogen and oxygen atoms in total. The summed E-state index contributed by atoms with van der Waals surface area (Å²) in [5, 5.41) is 11.2. The zero-order valence-corrected chi connectivity index (χ0v) is 8.42. The number of nitriles is 1. The number of nitrogens with one attached hydrogen (secondary N) is 1. The molecule has 0 radical (unpaired) electrons. The Balaban J connectivity index is 2.32. The topological polar surface area (TPSA) is 52.9 Å². The maximum Gasteiger partial charge on any atom is 0.223 e. The van der Waals surface area contributed by atoms with Crippen molar-refractivity contribution in [2.24, 2.45) is 11.3 Å². The van der Waals surface area contributed by atoms with E-state index in [1.807, 2.05) is 13.0 Å². The summed E-state index contributed by atoms with van der Waals surface area (Å²) in [5.41, 5.74) is 0.177. The molecule has 13 heavy (non-hydrogen) atoms. The molecule has 0 aliphatic heterocycles. The van der Waals surface area contributed by atoms with Crippen molar-refractivity contribution < 1.29 is 4.79 Å². The normalized spacial score (nSPS) is 25.8. The van der Waals surface area contributed by atoms with Crippen molar-refractivity contribution in [2.45, 2.75) is 39.7 Å². The molecule has 0 saturated heterocycles. The summed E-state index contributed by atoms with van der Waals surface area (Å²) < 4.78 is 0. The minimum atomic E-state index is -0.0195. The highest BCUT2D eigenvalue weighted by Crippen LogP contribution is 2.51. The van der Waals surface area contributed by atoms with Crippen LogP contribution in [0.2, 0.25) is 0 Å². The van der Waals surface area contributed by atoms with Gasteiger partial charge in [-0.25, -0.2) is 0 Å². The van der Waals surface area contributed by atoms with Gasteiger partial charge in [0.15, 0.2) is 0 Å². The molecule has 72 valence electrons. The number of nitrogens with zero attached hydrogens (tertiary/aromatic N) is 1. The van der Waals surface area contributed by atoms with Crippen LogP contribution in [0.25, 0.3) is 0 Å². The van der Waals surface area contributed by atoms with Crippen LogP contribution < -0.4 is 5.32 Å². The Hall–Kier alpha value is -1.04. The van der Waals surface area contributed by atoms with E-state index in [1.165, 1.54) is 0 Å². The van der Waals surface area contributed by atoms with Crippen molar-refractivity contribution in [3.8, 4) is 6.07 Å². The molecule has 1 fully saturated rings. The molecule has 0 bridgehead atoms. The van der Waals surface area contributed by atoms with Gasteiger partial charge in [0.05, 0.1) is 12.5 Å². The molecule has 0 spiro atoms. The van der Waals surface area contributed by atoms with Gasteiger partial charge in [-0.05, 0) is 18.8 Å². The average Bonchev–Trinajstić information content (AvgIpc) is 2.60. The van der Waals surface area contributed by atoms with Gasteiger partial charge in [0, 0.05) is 12.0 Å². The molecule has 0 heterocycles. The lowest BCUT2D eigenvalue weighted by Crippen LogP contribution is -2.34. The first-order valence-electron chi connectivity index (χ1n) is 4.64. The highest BCUT2D eigenvalue weighted by molar-refractivity contribution is 5.82. The first-order valence-corrected chi connectivity index (χ1v) is 4.64. The van der Waals surface area contributed by atoms with Gasteiger partial charge in [-0.3, -0.25) is 4.79 Å². The third-order valence-electron chi connectivity index (χ3n) is 2.62. The van der Waals surface area contributed by atoms with Crippen LogP contribution in [0.3, 0.4) is 0 Å². The second-order valence-corrected chi connectivity index (χ2v) is 4.52. The van der Waals surface area contributed by atoms with E-state index in [0.717, 1.165) is 6.42 Å². The van der Waals surface area contributed by atoms with Crippen LogP contribution in [0.4, 0.5) is 0 Å². The zero-order valence-electron chi connectivity index (χ0n) is 8.42. The predicted molar refractivity (Wildman–Crippen MR) is 49.7 cm³/mol. The van der Waals surface area contributed by atoms with Crippen LogP contribution in [-0.2, 0) is 4.79 Å². The Bertz CT molecular complexity index is 252. The monoisotopic (exact) mass is 180 g/mol. The number of carbonyl (C=O) groups excluding carboxylic acids is 1. The van der Waals surface area contributed by atoms with E-state index in [2.05, 4.69) is 19.2 Å². The standard InChI is InChI=1S/C10H16N2O/c1-7(4-5-11)12-9(13)8-6-10(8,2)3/h7-8H,4,6H2,1-3H3,(H,12,13). The Morgan fingerprint density at radius 3 is 2.69 bits per heavy atom. The highest BCUT2D eigenvalue weighted by Gasteiger charge is 2.50. The molecular weight excluding hydrogens is 164 g/mol. The number of rotatable bonds is 3. The molecule has 0 aromatic heterocycles. The SMILES string of the molecule is CC(CC#N)NC(=O)C1CC1(C)C. The summed E-state index contributed by atoms with van der Waals surface area (Å²) in [7, 11) is 0. The zero-order chi connectivity index (χ0) is 10.1. The van der Waals surface area contributed by atoms with Crippen molar-refractivity contribution in [3.05, 3.63) is 0 Å². The number of hydrogen-bond acceptors (Lipinski definition) is 2. The molecule has 3 heteroatoms. The average molecular weight is 180 g/mol. The van der Waals surface area contributed by atoms with E-state index < -0.39 is 0 Å². The second-order valence-electron chi connectivity index (χ2n) is 4.52. The Morgan fingerprint density at radius 1 is 1.77 bits per heavy atom. The predicted octanol–water partition coefficient (Wildman–Crippen LogP) is 1.45. The Kier molecular flexibility index (Phi) is 2.60. The van der Waals surface area contributed by atoms with Gasteiger partial charge >= 0.3 is 0 Å². The highest BCUT2D eigenvalue weighted by atomic mass is 16.2. The fourth-order valence-corrected chi connectivity index (χ4v) is 1.45. The molecule has 2 unspecified atom stereocenters. The summed E-state index contributed by atoms with van der Waals surface area (Å²) >= 11 is 0. The lowest BCUT2D eigenvalue weighted by atomic mass is 10.1. The minimum Gasteiger partial charge on any atom is -0.352 e. The van der Waals surface area contributed by atoms with E-state index in [0.29, 0.717) is 6.42 Å². The maximum atomic E-state index is 11.5. The fourth-order valence-electron chi connectivity index (χ4n) is 1.45. The molecule has 1 amide bonds. The van der Waals surface area contributed by atoms with E-state index in [4.69, 9.17) is 5.26 Å². The smallest absolute Gasteiger partial charge is 0.223 e. The van der Waals surface area contributed by atoms with E-state index >= 15 is 0 Å². The molecule has 1 aliphatic rings. The summed E-state index contributed by atoms with van der Waals surface area (Å²) in [6.07, 6.45) is 1.36. The van der Waals surface area contributed by atoms with Crippen LogP contribution in [0.5, 0.6) is 0 Å². The minimum absolute atomic E-state index is 0.0195. The summed E-state index contributed by atoms with van der Waals surface area (Å²) in [5.74, 6) is 0.265. The summed E-state index contributed by atoms with van der Waals surface area (Å²) in [6.45, 7) is 6.04. The van der Waals surface area contributed by atoms with Crippen molar-refractivity contribution in [1.29, 1.82) is 5.26 Å². The number of hydrogen-bond donors (Lipinski definition) is 1. The van der Waals surface area contributed by atoms with Gasteiger partial charge in [-0.15, -0.1) is 0 Å². The van der Waals surface area contributed by atoms with Crippen LogP contribution in [-0.4, -0.2) is 11.9 Å². The summed E-state index contributed by atoms with van der Waals surface area (Å²) in [6, 6.07) is 2.02. The fraction of sp³-hybridized carbons (Fsp3) is 0.800. The molecule has 0 aromatic rings. The van der Waals surface area contributed by atoms with Crippen molar-refractivity contribution in [2.75, 3.05) is 0 Å². The molecule has 0 aromatic carbocycles. The van der Waals surface area contributed by atoms with Gasteiger partial charge in [0.1, 0.15) is 0 Å². The summed E-state index contributed by atoms with van der Waals surface area (Å²) in [4.78, 5) is 11.5. The van der Waals surface area contributed by atoms with Gasteiger partial charge in [0.25, 0.3) is 0 Å². The third kappa shape index (κ3) is 2.45. The van der Waals surface area contributed by atoms with Crippen LogP contribution >= 0.6 is 0 Å². The van der Waals surface area contributed by atoms with E-state index in [-0.39, 0.29) is 23.3 Å². The van der Waals surface area contributed by atoms with E-state index in [9.17, 15) is 4.79 Å². The molecule has 2 atom stereocenters. The van der Waals surface area contributed by atoms with Gasteiger partial charge in [-0.2, -0.15) is 5.26 Å². The molecule has 1 rings (SSSR count). The Morgan fingerprint density at radius 2 is 2.31 bits per heavy atom. The lowest BCUT2D eigenvalue weighted by molar-refractivity contribution is -0.123. The molecule has 1 saturated carbocycles. The van der Waals surface area contributed by atoms with Crippen LogP contribution in [0, 0.1) is 22.7 Å².